The quantitative estimate of drug-likeness (QED) is 0.0690. The van der Waals surface area contributed by atoms with Crippen LogP contribution in [0.15, 0.2) is 176 Å². The molecule has 13 nitrogen and oxygen atoms in total. The van der Waals surface area contributed by atoms with Gasteiger partial charge in [0.2, 0.25) is 0 Å². The van der Waals surface area contributed by atoms with Crippen LogP contribution in [0.2, 0.25) is 5.04 Å². The first-order chi connectivity index (χ1) is 37.5. The molecule has 5 aliphatic rings. The number of carbonyl (C=O) groups is 2. The number of aliphatic hydroxyl groups excluding tert-OH is 1. The van der Waals surface area contributed by atoms with Crippen molar-refractivity contribution < 1.29 is 57.0 Å². The molecular formula is C63H69NO12Si. The summed E-state index contributed by atoms with van der Waals surface area (Å²) in [5.41, 5.74) is 3.12. The van der Waals surface area contributed by atoms with Gasteiger partial charge in [0, 0.05) is 12.8 Å². The summed E-state index contributed by atoms with van der Waals surface area (Å²) in [4.78, 5) is 30.9. The highest BCUT2D eigenvalue weighted by molar-refractivity contribution is 6.99. The number of amides is 2. The zero-order chi connectivity index (χ0) is 53.0. The van der Waals surface area contributed by atoms with Crippen LogP contribution in [0.1, 0.15) is 90.3 Å². The maximum Gasteiger partial charge on any atom is 0.262 e. The number of imide groups is 1. The fraction of sp³-hybridized carbons (Fsp3) is 0.397. The maximum atomic E-state index is 14.8. The molecule has 4 aliphatic heterocycles. The Bertz CT molecular complexity index is 2810. The van der Waals surface area contributed by atoms with E-state index in [-0.39, 0.29) is 44.2 Å². The van der Waals surface area contributed by atoms with Crippen LogP contribution in [0.25, 0.3) is 0 Å². The third kappa shape index (κ3) is 11.0. The SMILES string of the molecule is CC(C)(C)[Si](O[C@@H]1[C@H](O)[C@H](O[C@H]2[C@H](OCc3ccccc3)[C@@H](N3C(=O)c4ccccc4C3=O)[C@H](OCc3ccccc3)O[C@@H]2COCc2ccccc2)O[C@@H]2COC3(CCCCC3)O[C@@H]12)(c1ccccc1)c1ccccc1. The molecule has 4 fully saturated rings. The van der Waals surface area contributed by atoms with Crippen LogP contribution >= 0.6 is 0 Å². The molecule has 4 heterocycles. The number of hydrogen-bond donors (Lipinski definition) is 1. The van der Waals surface area contributed by atoms with E-state index in [1.165, 1.54) is 4.90 Å². The van der Waals surface area contributed by atoms with E-state index in [1.54, 1.807) is 24.3 Å². The van der Waals surface area contributed by atoms with Crippen molar-refractivity contribution >= 4 is 30.5 Å². The van der Waals surface area contributed by atoms with Gasteiger partial charge in [0.15, 0.2) is 18.4 Å². The number of benzene rings is 6. The molecule has 14 heteroatoms. The van der Waals surface area contributed by atoms with Gasteiger partial charge in [-0.2, -0.15) is 0 Å². The third-order valence-corrected chi connectivity index (χ3v) is 20.8. The van der Waals surface area contributed by atoms with Crippen LogP contribution in [0.4, 0.5) is 0 Å². The van der Waals surface area contributed by atoms with Crippen molar-refractivity contribution in [2.45, 2.75) is 145 Å². The second kappa shape index (κ2) is 23.3. The van der Waals surface area contributed by atoms with E-state index >= 15 is 0 Å². The average molecular weight is 1060 g/mol. The highest BCUT2D eigenvalue weighted by Crippen LogP contribution is 2.46. The Morgan fingerprint density at radius 2 is 1.10 bits per heavy atom. The van der Waals surface area contributed by atoms with Crippen LogP contribution in [0, 0.1) is 0 Å². The Morgan fingerprint density at radius 3 is 1.65 bits per heavy atom. The Balaban J connectivity index is 1.02. The number of carbonyl (C=O) groups excluding carboxylic acids is 2. The average Bonchev–Trinajstić information content (AvgIpc) is 3.79. The van der Waals surface area contributed by atoms with Gasteiger partial charge in [0.05, 0.1) is 44.2 Å². The molecule has 1 spiro atoms. The van der Waals surface area contributed by atoms with E-state index in [0.717, 1.165) is 46.3 Å². The van der Waals surface area contributed by atoms with Crippen molar-refractivity contribution in [2.24, 2.45) is 0 Å². The Kier molecular flexibility index (Phi) is 16.1. The molecule has 0 unspecified atom stereocenters. The Hall–Kier alpha value is -5.72. The van der Waals surface area contributed by atoms with Crippen LogP contribution in [-0.2, 0) is 62.1 Å². The summed E-state index contributed by atoms with van der Waals surface area (Å²) in [6.45, 7) is 7.08. The van der Waals surface area contributed by atoms with Gasteiger partial charge in [-0.25, -0.2) is 0 Å². The highest BCUT2D eigenvalue weighted by Gasteiger charge is 2.62. The fourth-order valence-corrected chi connectivity index (χ4v) is 16.7. The van der Waals surface area contributed by atoms with Crippen LogP contribution in [0.3, 0.4) is 0 Å². The minimum atomic E-state index is -3.41. The molecule has 1 N–H and O–H groups in total. The molecule has 0 bridgehead atoms. The van der Waals surface area contributed by atoms with Crippen molar-refractivity contribution in [1.82, 2.24) is 4.90 Å². The Morgan fingerprint density at radius 1 is 0.597 bits per heavy atom. The topological polar surface area (TPSA) is 141 Å². The summed E-state index contributed by atoms with van der Waals surface area (Å²) in [5, 5.41) is 15.0. The lowest BCUT2D eigenvalue weighted by Crippen LogP contribution is -2.74. The predicted octanol–water partition coefficient (Wildman–Crippen LogP) is 8.89. The third-order valence-electron chi connectivity index (χ3n) is 15.8. The summed E-state index contributed by atoms with van der Waals surface area (Å²) >= 11 is 0. The number of fused-ring (bicyclic) bond motifs is 2. The molecule has 77 heavy (non-hydrogen) atoms. The number of hydrogen-bond acceptors (Lipinski definition) is 12. The fourth-order valence-electron chi connectivity index (χ4n) is 12.0. The molecule has 2 amide bonds. The first-order valence-electron chi connectivity index (χ1n) is 27.2. The largest absolute Gasteiger partial charge is 0.399 e. The summed E-state index contributed by atoms with van der Waals surface area (Å²) in [6, 6.07) is 55.3. The van der Waals surface area contributed by atoms with Crippen molar-refractivity contribution in [3.63, 3.8) is 0 Å². The summed E-state index contributed by atoms with van der Waals surface area (Å²) in [7, 11) is -3.41. The molecule has 3 saturated heterocycles. The lowest BCUT2D eigenvalue weighted by Gasteiger charge is -2.56. The lowest BCUT2D eigenvalue weighted by molar-refractivity contribution is -0.406. The van der Waals surface area contributed by atoms with E-state index in [2.05, 4.69) is 45.0 Å². The van der Waals surface area contributed by atoms with Crippen molar-refractivity contribution in [1.29, 1.82) is 0 Å². The van der Waals surface area contributed by atoms with Gasteiger partial charge in [0.25, 0.3) is 20.1 Å². The molecule has 6 aromatic rings. The minimum Gasteiger partial charge on any atom is -0.399 e. The van der Waals surface area contributed by atoms with Crippen LogP contribution in [-0.4, -0.2) is 110 Å². The van der Waals surface area contributed by atoms with Crippen LogP contribution in [0.5, 0.6) is 0 Å². The molecule has 1 saturated carbocycles. The number of rotatable bonds is 17. The molecule has 10 atom stereocenters. The molecule has 11 rings (SSSR count). The predicted molar refractivity (Wildman–Crippen MR) is 290 cm³/mol. The van der Waals surface area contributed by atoms with Crippen molar-refractivity contribution in [3.05, 3.63) is 204 Å². The number of aliphatic hydroxyl groups is 1. The van der Waals surface area contributed by atoms with E-state index in [9.17, 15) is 14.7 Å². The van der Waals surface area contributed by atoms with E-state index < -0.39 is 92.3 Å². The van der Waals surface area contributed by atoms with Gasteiger partial charge >= 0.3 is 0 Å². The van der Waals surface area contributed by atoms with Crippen LogP contribution < -0.4 is 10.4 Å². The minimum absolute atomic E-state index is 0.0452. The van der Waals surface area contributed by atoms with Crippen molar-refractivity contribution in [2.75, 3.05) is 13.2 Å². The monoisotopic (exact) mass is 1060 g/mol. The number of ether oxygens (including phenoxy) is 8. The second-order valence-electron chi connectivity index (χ2n) is 21.9. The molecule has 402 valence electrons. The first-order valence-corrected chi connectivity index (χ1v) is 29.1. The molecule has 1 aliphatic carbocycles. The van der Waals surface area contributed by atoms with Crippen molar-refractivity contribution in [3.8, 4) is 0 Å². The van der Waals surface area contributed by atoms with Gasteiger partial charge < -0.3 is 47.4 Å². The zero-order valence-corrected chi connectivity index (χ0v) is 45.0. The molecule has 6 aromatic carbocycles. The smallest absolute Gasteiger partial charge is 0.262 e. The Labute approximate surface area is 452 Å². The second-order valence-corrected chi connectivity index (χ2v) is 26.1. The molecule has 0 aromatic heterocycles. The number of nitrogens with zero attached hydrogens (tertiary/aromatic N) is 1. The van der Waals surface area contributed by atoms with Gasteiger partial charge in [-0.3, -0.25) is 14.5 Å². The first kappa shape index (κ1) is 53.3. The van der Waals surface area contributed by atoms with Gasteiger partial charge in [0.1, 0.15) is 48.8 Å². The lowest BCUT2D eigenvalue weighted by atomic mass is 9.90. The van der Waals surface area contributed by atoms with Gasteiger partial charge in [-0.1, -0.05) is 191 Å². The zero-order valence-electron chi connectivity index (χ0n) is 44.0. The molecule has 0 radical (unpaired) electrons. The summed E-state index contributed by atoms with van der Waals surface area (Å²) < 4.78 is 63.6. The normalized spacial score (nSPS) is 27.3. The van der Waals surface area contributed by atoms with Gasteiger partial charge in [-0.05, 0) is 57.1 Å². The van der Waals surface area contributed by atoms with Gasteiger partial charge in [-0.15, -0.1) is 0 Å². The summed E-state index contributed by atoms with van der Waals surface area (Å²) in [6.07, 6.45) is -5.62. The maximum absolute atomic E-state index is 14.8. The standard InChI is InChI=1S/C63H69NO12Si/c1-62(2,3)77(46-30-16-7-17-31-46,47-32-18-8-19-33-47)76-57-53(65)61(73-51-42-71-63(75-55(51)57)36-22-9-23-37-63)74-54-50(41-68-38-43-24-10-4-11-25-43)72-60(70-40-45-28-14-6-15-29-45)52(56(54)69-39-44-26-12-5-13-27-44)64-58(66)48-34-20-21-35-49(48)59(64)67/h4-8,10-21,24-35,50-57,60-61,65H,9,22-23,36-42H2,1-3H3/t50-,51-,52-,53+,54-,55-,56-,57-,60-,61+/m1/s1. The van der Waals surface area contributed by atoms with E-state index in [0.29, 0.717) is 12.8 Å². The summed E-state index contributed by atoms with van der Waals surface area (Å²) in [5.74, 6) is -1.92. The van der Waals surface area contributed by atoms with E-state index in [1.807, 2.05) is 127 Å². The van der Waals surface area contributed by atoms with E-state index in [4.69, 9.17) is 42.3 Å². The molecular weight excluding hydrogens is 991 g/mol. The highest BCUT2D eigenvalue weighted by atomic mass is 28.4.